The summed E-state index contributed by atoms with van der Waals surface area (Å²) in [4.78, 5) is 24.0. The predicted molar refractivity (Wildman–Crippen MR) is 70.0 cm³/mol. The van der Waals surface area contributed by atoms with E-state index in [1.807, 2.05) is 30.3 Å². The van der Waals surface area contributed by atoms with Crippen molar-refractivity contribution in [2.24, 2.45) is 0 Å². The van der Waals surface area contributed by atoms with Crippen LogP contribution in [0.5, 0.6) is 0 Å². The number of rotatable bonds is 5. The number of carbonyl (C=O) groups excluding carboxylic acids is 1. The lowest BCUT2D eigenvalue weighted by Gasteiger charge is -2.22. The van der Waals surface area contributed by atoms with Gasteiger partial charge in [0.2, 0.25) is 5.91 Å². The van der Waals surface area contributed by atoms with Gasteiger partial charge < -0.3 is 10.0 Å². The molecule has 1 unspecified atom stereocenters. The van der Waals surface area contributed by atoms with Crippen molar-refractivity contribution in [1.82, 2.24) is 4.90 Å². The van der Waals surface area contributed by atoms with Crippen LogP contribution in [0.4, 0.5) is 0 Å². The maximum Gasteiger partial charge on any atom is 0.326 e. The van der Waals surface area contributed by atoms with E-state index < -0.39 is 12.0 Å². The van der Waals surface area contributed by atoms with Crippen molar-refractivity contribution in [1.29, 1.82) is 0 Å². The van der Waals surface area contributed by atoms with E-state index in [1.165, 1.54) is 18.0 Å². The van der Waals surface area contributed by atoms with Crippen LogP contribution in [0.15, 0.2) is 36.4 Å². The molecule has 1 rings (SSSR count). The van der Waals surface area contributed by atoms with Crippen LogP contribution in [0, 0.1) is 0 Å². The number of aliphatic carboxylic acids is 1. The largest absolute Gasteiger partial charge is 0.480 e. The molecule has 0 fully saturated rings. The van der Waals surface area contributed by atoms with Crippen molar-refractivity contribution in [3.63, 3.8) is 0 Å². The van der Waals surface area contributed by atoms with Gasteiger partial charge in [0, 0.05) is 13.1 Å². The molecule has 1 aromatic rings. The first kappa shape index (κ1) is 14.0. The molecule has 0 aliphatic rings. The summed E-state index contributed by atoms with van der Waals surface area (Å²) in [6.45, 7) is 1.74. The third-order valence-electron chi connectivity index (χ3n) is 2.70. The molecule has 0 aromatic heterocycles. The van der Waals surface area contributed by atoms with Crippen molar-refractivity contribution < 1.29 is 14.7 Å². The molecule has 0 bridgehead atoms. The molecule has 0 heterocycles. The second-order valence-electron chi connectivity index (χ2n) is 3.96. The Kier molecular flexibility index (Phi) is 5.11. The highest BCUT2D eigenvalue weighted by Gasteiger charge is 2.22. The van der Waals surface area contributed by atoms with Crippen molar-refractivity contribution in [3.8, 4) is 0 Å². The highest BCUT2D eigenvalue weighted by atomic mass is 16.4. The van der Waals surface area contributed by atoms with Crippen LogP contribution in [0.25, 0.3) is 6.08 Å². The van der Waals surface area contributed by atoms with Crippen LogP contribution in [0.1, 0.15) is 18.9 Å². The average molecular weight is 247 g/mol. The van der Waals surface area contributed by atoms with E-state index in [0.717, 1.165) is 5.56 Å². The van der Waals surface area contributed by atoms with Gasteiger partial charge in [-0.15, -0.1) is 0 Å². The summed E-state index contributed by atoms with van der Waals surface area (Å²) in [7, 11) is 1.50. The molecule has 1 N–H and O–H groups in total. The molecule has 1 atom stereocenters. The first-order valence-corrected chi connectivity index (χ1v) is 5.79. The zero-order chi connectivity index (χ0) is 13.5. The topological polar surface area (TPSA) is 57.6 Å². The lowest BCUT2D eigenvalue weighted by Crippen LogP contribution is -2.41. The summed E-state index contributed by atoms with van der Waals surface area (Å²) >= 11 is 0. The Hall–Kier alpha value is -2.10. The Balaban J connectivity index is 2.71. The zero-order valence-electron chi connectivity index (χ0n) is 10.5. The lowest BCUT2D eigenvalue weighted by atomic mass is 10.2. The number of likely N-dealkylation sites (N-methyl/N-ethyl adjacent to an activating group) is 1. The lowest BCUT2D eigenvalue weighted by molar-refractivity contribution is -0.147. The van der Waals surface area contributed by atoms with Gasteiger partial charge in [-0.3, -0.25) is 4.79 Å². The van der Waals surface area contributed by atoms with Crippen LogP contribution in [0.2, 0.25) is 0 Å². The maximum absolute atomic E-state index is 11.8. The number of hydrogen-bond acceptors (Lipinski definition) is 2. The van der Waals surface area contributed by atoms with Crippen LogP contribution in [0.3, 0.4) is 0 Å². The van der Waals surface area contributed by atoms with E-state index in [2.05, 4.69) is 0 Å². The van der Waals surface area contributed by atoms with Crippen LogP contribution in [-0.2, 0) is 9.59 Å². The molecule has 0 spiro atoms. The second-order valence-corrected chi connectivity index (χ2v) is 3.96. The van der Waals surface area contributed by atoms with Gasteiger partial charge in [0.25, 0.3) is 0 Å². The SMILES string of the molecule is CCC(C(=O)O)N(C)C(=O)C=Cc1ccccc1. The van der Waals surface area contributed by atoms with Crippen molar-refractivity contribution >= 4 is 18.0 Å². The standard InChI is InChI=1S/C14H17NO3/c1-3-12(14(17)18)15(2)13(16)10-9-11-7-5-4-6-8-11/h4-10,12H,3H2,1-2H3,(H,17,18). The summed E-state index contributed by atoms with van der Waals surface area (Å²) in [6.07, 6.45) is 3.45. The van der Waals surface area contributed by atoms with E-state index in [4.69, 9.17) is 5.11 Å². The Morgan fingerprint density at radius 2 is 1.94 bits per heavy atom. The van der Waals surface area contributed by atoms with E-state index >= 15 is 0 Å². The maximum atomic E-state index is 11.8. The van der Waals surface area contributed by atoms with Crippen LogP contribution in [-0.4, -0.2) is 35.0 Å². The minimum Gasteiger partial charge on any atom is -0.480 e. The van der Waals surface area contributed by atoms with Crippen molar-refractivity contribution in [3.05, 3.63) is 42.0 Å². The molecule has 1 aromatic carbocycles. The van der Waals surface area contributed by atoms with Crippen LogP contribution < -0.4 is 0 Å². The second kappa shape index (κ2) is 6.59. The Morgan fingerprint density at radius 1 is 1.33 bits per heavy atom. The molecule has 0 saturated carbocycles. The van der Waals surface area contributed by atoms with E-state index in [1.54, 1.807) is 13.0 Å². The molecule has 4 heteroatoms. The van der Waals surface area contributed by atoms with Gasteiger partial charge in [-0.05, 0) is 18.1 Å². The molecule has 96 valence electrons. The summed E-state index contributed by atoms with van der Waals surface area (Å²) < 4.78 is 0. The smallest absolute Gasteiger partial charge is 0.326 e. The van der Waals surface area contributed by atoms with Gasteiger partial charge in [-0.2, -0.15) is 0 Å². The third kappa shape index (κ3) is 3.73. The van der Waals surface area contributed by atoms with E-state index in [9.17, 15) is 9.59 Å². The first-order chi connectivity index (χ1) is 8.56. The van der Waals surface area contributed by atoms with Gasteiger partial charge >= 0.3 is 5.97 Å². The Labute approximate surface area is 107 Å². The van der Waals surface area contributed by atoms with Gasteiger partial charge in [0.05, 0.1) is 0 Å². The van der Waals surface area contributed by atoms with Gasteiger partial charge in [-0.25, -0.2) is 4.79 Å². The summed E-state index contributed by atoms with van der Waals surface area (Å²) in [5.74, 6) is -1.30. The molecule has 1 amide bonds. The number of benzene rings is 1. The van der Waals surface area contributed by atoms with Crippen molar-refractivity contribution in [2.75, 3.05) is 7.05 Å². The molecule has 0 aliphatic heterocycles. The van der Waals surface area contributed by atoms with Crippen LogP contribution >= 0.6 is 0 Å². The normalized spacial score (nSPS) is 12.3. The molecular weight excluding hydrogens is 230 g/mol. The molecule has 0 saturated heterocycles. The van der Waals surface area contributed by atoms with Gasteiger partial charge in [0.1, 0.15) is 6.04 Å². The van der Waals surface area contributed by atoms with Crippen molar-refractivity contribution in [2.45, 2.75) is 19.4 Å². The average Bonchev–Trinajstić information content (AvgIpc) is 2.37. The number of hydrogen-bond donors (Lipinski definition) is 1. The summed E-state index contributed by atoms with van der Waals surface area (Å²) in [5, 5.41) is 8.96. The summed E-state index contributed by atoms with van der Waals surface area (Å²) in [5.41, 5.74) is 0.905. The van der Waals surface area contributed by atoms with E-state index in [0.29, 0.717) is 6.42 Å². The fraction of sp³-hybridized carbons (Fsp3) is 0.286. The minimum atomic E-state index is -0.985. The molecule has 18 heavy (non-hydrogen) atoms. The quantitative estimate of drug-likeness (QED) is 0.810. The number of carbonyl (C=O) groups is 2. The Bertz CT molecular complexity index is 440. The molecule has 4 nitrogen and oxygen atoms in total. The third-order valence-corrected chi connectivity index (χ3v) is 2.70. The monoisotopic (exact) mass is 247 g/mol. The molecule has 0 radical (unpaired) electrons. The summed E-state index contributed by atoms with van der Waals surface area (Å²) in [6, 6.07) is 8.61. The molecular formula is C14H17NO3. The number of carboxylic acids is 1. The van der Waals surface area contributed by atoms with E-state index in [-0.39, 0.29) is 5.91 Å². The number of carboxylic acid groups (broad SMARTS) is 1. The fourth-order valence-electron chi connectivity index (χ4n) is 1.62. The number of nitrogens with zero attached hydrogens (tertiary/aromatic N) is 1. The first-order valence-electron chi connectivity index (χ1n) is 5.79. The highest BCUT2D eigenvalue weighted by Crippen LogP contribution is 2.05. The fourth-order valence-corrected chi connectivity index (χ4v) is 1.62. The number of amides is 1. The molecule has 0 aliphatic carbocycles. The minimum absolute atomic E-state index is 0.312. The Morgan fingerprint density at radius 3 is 2.44 bits per heavy atom. The van der Waals surface area contributed by atoms with Gasteiger partial charge in [0.15, 0.2) is 0 Å². The highest BCUT2D eigenvalue weighted by molar-refractivity contribution is 5.94. The zero-order valence-corrected chi connectivity index (χ0v) is 10.5. The van der Waals surface area contributed by atoms with Gasteiger partial charge in [-0.1, -0.05) is 37.3 Å². The predicted octanol–water partition coefficient (Wildman–Crippen LogP) is 2.02.